The Balaban J connectivity index is 0.00000162. The van der Waals surface area contributed by atoms with Crippen LogP contribution < -0.4 is 5.73 Å². The zero-order valence-electron chi connectivity index (χ0n) is 10.5. The quantitative estimate of drug-likeness (QED) is 0.912. The topological polar surface area (TPSA) is 72.1 Å². The molecule has 0 bridgehead atoms. The van der Waals surface area contributed by atoms with E-state index in [1.165, 1.54) is 11.5 Å². The molecule has 1 amide bonds. The highest BCUT2D eigenvalue weighted by Crippen LogP contribution is 2.20. The van der Waals surface area contributed by atoms with Crippen LogP contribution in [0.1, 0.15) is 35.1 Å². The predicted molar refractivity (Wildman–Crippen MR) is 74.2 cm³/mol. The first-order chi connectivity index (χ1) is 8.26. The lowest BCUT2D eigenvalue weighted by molar-refractivity contribution is 0.0697. The van der Waals surface area contributed by atoms with Crippen molar-refractivity contribution in [2.75, 3.05) is 19.6 Å². The second kappa shape index (κ2) is 7.01. The summed E-state index contributed by atoms with van der Waals surface area (Å²) in [4.78, 5) is 14.9. The number of halogens is 1. The fourth-order valence-corrected chi connectivity index (χ4v) is 2.84. The molecule has 18 heavy (non-hydrogen) atoms. The summed E-state index contributed by atoms with van der Waals surface area (Å²) >= 11 is 1.21. The van der Waals surface area contributed by atoms with Gasteiger partial charge in [0.1, 0.15) is 4.88 Å². The van der Waals surface area contributed by atoms with Crippen LogP contribution in [-0.2, 0) is 6.42 Å². The number of nitrogens with two attached hydrogens (primary N) is 1. The van der Waals surface area contributed by atoms with Gasteiger partial charge in [-0.15, -0.1) is 17.5 Å². The van der Waals surface area contributed by atoms with Gasteiger partial charge in [0.25, 0.3) is 5.91 Å². The van der Waals surface area contributed by atoms with Gasteiger partial charge in [0.15, 0.2) is 0 Å². The number of aromatic nitrogens is 2. The molecule has 1 aliphatic heterocycles. The normalized spacial score (nSPS) is 16.4. The maximum atomic E-state index is 12.3. The molecule has 1 fully saturated rings. The summed E-state index contributed by atoms with van der Waals surface area (Å²) in [5.74, 6) is 0.664. The minimum absolute atomic E-state index is 0. The van der Waals surface area contributed by atoms with Gasteiger partial charge >= 0.3 is 0 Å². The fourth-order valence-electron chi connectivity index (χ4n) is 2.12. The molecule has 2 N–H and O–H groups in total. The first kappa shape index (κ1) is 15.3. The number of nitrogens with zero attached hydrogens (tertiary/aromatic N) is 3. The molecular weight excluding hydrogens is 272 g/mol. The molecule has 102 valence electrons. The molecule has 0 aromatic carbocycles. The summed E-state index contributed by atoms with van der Waals surface area (Å²) in [6.45, 7) is 4.34. The smallest absolute Gasteiger partial charge is 0.267 e. The standard InChI is InChI=1S/C11H18N4OS.ClH/c1-2-9-10(17-14-13-9)11(16)15-5-3-8(7-12)4-6-15;/h8H,2-7,12H2,1H3;1H. The molecule has 0 spiro atoms. The van der Waals surface area contributed by atoms with Crippen LogP contribution in [0.2, 0.25) is 0 Å². The predicted octanol–water partition coefficient (Wildman–Crippen LogP) is 1.33. The average molecular weight is 291 g/mol. The molecule has 5 nitrogen and oxygen atoms in total. The zero-order valence-corrected chi connectivity index (χ0v) is 12.1. The maximum Gasteiger partial charge on any atom is 0.267 e. The molecule has 1 saturated heterocycles. The van der Waals surface area contributed by atoms with Crippen molar-refractivity contribution >= 4 is 29.8 Å². The number of likely N-dealkylation sites (tertiary alicyclic amines) is 1. The lowest BCUT2D eigenvalue weighted by Crippen LogP contribution is -2.40. The minimum atomic E-state index is 0. The van der Waals surface area contributed by atoms with Crippen molar-refractivity contribution < 1.29 is 4.79 Å². The molecule has 2 rings (SSSR count). The van der Waals surface area contributed by atoms with Crippen molar-refractivity contribution in [1.29, 1.82) is 0 Å². The van der Waals surface area contributed by atoms with E-state index in [9.17, 15) is 4.79 Å². The first-order valence-electron chi connectivity index (χ1n) is 6.06. The summed E-state index contributed by atoms with van der Waals surface area (Å²) in [7, 11) is 0. The van der Waals surface area contributed by atoms with Crippen molar-refractivity contribution in [3.8, 4) is 0 Å². The molecule has 1 aliphatic rings. The Labute approximate surface area is 117 Å². The molecule has 0 atom stereocenters. The summed E-state index contributed by atoms with van der Waals surface area (Å²) in [5, 5.41) is 3.98. The van der Waals surface area contributed by atoms with Crippen LogP contribution in [0.25, 0.3) is 0 Å². The second-order valence-corrected chi connectivity index (χ2v) is 5.13. The highest BCUT2D eigenvalue weighted by Gasteiger charge is 2.25. The van der Waals surface area contributed by atoms with E-state index in [4.69, 9.17) is 5.73 Å². The number of aryl methyl sites for hydroxylation is 1. The number of amides is 1. The zero-order chi connectivity index (χ0) is 12.3. The third-order valence-electron chi connectivity index (χ3n) is 3.32. The van der Waals surface area contributed by atoms with Crippen molar-refractivity contribution in [2.45, 2.75) is 26.2 Å². The molecule has 1 aromatic heterocycles. The van der Waals surface area contributed by atoms with Crippen LogP contribution in [-0.4, -0.2) is 40.0 Å². The van der Waals surface area contributed by atoms with Crippen molar-refractivity contribution in [2.24, 2.45) is 11.7 Å². The number of rotatable bonds is 3. The van der Waals surface area contributed by atoms with Crippen LogP contribution in [0.5, 0.6) is 0 Å². The third kappa shape index (κ3) is 3.18. The summed E-state index contributed by atoms with van der Waals surface area (Å²) in [6, 6.07) is 0. The van der Waals surface area contributed by atoms with Gasteiger partial charge in [0, 0.05) is 13.1 Å². The van der Waals surface area contributed by atoms with Gasteiger partial charge in [-0.2, -0.15) is 0 Å². The van der Waals surface area contributed by atoms with Gasteiger partial charge in [-0.25, -0.2) is 0 Å². The van der Waals surface area contributed by atoms with Gasteiger partial charge in [-0.1, -0.05) is 11.4 Å². The van der Waals surface area contributed by atoms with Gasteiger partial charge < -0.3 is 10.6 Å². The first-order valence-corrected chi connectivity index (χ1v) is 6.84. The molecule has 0 unspecified atom stereocenters. The van der Waals surface area contributed by atoms with Crippen LogP contribution in [0.15, 0.2) is 0 Å². The van der Waals surface area contributed by atoms with Crippen LogP contribution >= 0.6 is 23.9 Å². The van der Waals surface area contributed by atoms with Gasteiger partial charge in [0.2, 0.25) is 0 Å². The monoisotopic (exact) mass is 290 g/mol. The average Bonchev–Trinajstić information content (AvgIpc) is 2.86. The van der Waals surface area contributed by atoms with Crippen LogP contribution in [0.4, 0.5) is 0 Å². The molecule has 0 radical (unpaired) electrons. The van der Waals surface area contributed by atoms with E-state index in [0.717, 1.165) is 44.6 Å². The third-order valence-corrected chi connectivity index (χ3v) is 4.08. The van der Waals surface area contributed by atoms with Crippen LogP contribution in [0, 0.1) is 5.92 Å². The molecule has 0 saturated carbocycles. The summed E-state index contributed by atoms with van der Waals surface area (Å²) in [6.07, 6.45) is 2.78. The largest absolute Gasteiger partial charge is 0.338 e. The molecular formula is C11H19ClN4OS. The lowest BCUT2D eigenvalue weighted by atomic mass is 9.97. The van der Waals surface area contributed by atoms with E-state index in [1.54, 1.807) is 0 Å². The van der Waals surface area contributed by atoms with E-state index >= 15 is 0 Å². The number of hydrogen-bond donors (Lipinski definition) is 1. The molecule has 1 aromatic rings. The number of hydrogen-bond acceptors (Lipinski definition) is 5. The molecule has 0 aliphatic carbocycles. The Bertz CT molecular complexity index is 390. The SMILES string of the molecule is CCc1nnsc1C(=O)N1CCC(CN)CC1.Cl. The van der Waals surface area contributed by atoms with E-state index in [2.05, 4.69) is 9.59 Å². The fraction of sp³-hybridized carbons (Fsp3) is 0.727. The Kier molecular flexibility index (Phi) is 5.98. The van der Waals surface area contributed by atoms with Crippen LogP contribution in [0.3, 0.4) is 0 Å². The Morgan fingerprint density at radius 3 is 2.72 bits per heavy atom. The number of carbonyl (C=O) groups excluding carboxylic acids is 1. The highest BCUT2D eigenvalue weighted by molar-refractivity contribution is 7.08. The lowest BCUT2D eigenvalue weighted by Gasteiger charge is -2.31. The number of piperidine rings is 1. The summed E-state index contributed by atoms with van der Waals surface area (Å²) < 4.78 is 3.86. The van der Waals surface area contributed by atoms with E-state index < -0.39 is 0 Å². The van der Waals surface area contributed by atoms with Gasteiger partial charge in [-0.3, -0.25) is 4.79 Å². The van der Waals surface area contributed by atoms with E-state index in [0.29, 0.717) is 10.8 Å². The minimum Gasteiger partial charge on any atom is -0.338 e. The molecule has 7 heteroatoms. The van der Waals surface area contributed by atoms with E-state index in [-0.39, 0.29) is 18.3 Å². The van der Waals surface area contributed by atoms with Crippen molar-refractivity contribution in [3.05, 3.63) is 10.6 Å². The second-order valence-electron chi connectivity index (χ2n) is 4.37. The Morgan fingerprint density at radius 2 is 2.17 bits per heavy atom. The highest BCUT2D eigenvalue weighted by atomic mass is 35.5. The number of carbonyl (C=O) groups is 1. The summed E-state index contributed by atoms with van der Waals surface area (Å²) in [5.41, 5.74) is 6.46. The Morgan fingerprint density at radius 1 is 1.50 bits per heavy atom. The maximum absolute atomic E-state index is 12.3. The van der Waals surface area contributed by atoms with Crippen molar-refractivity contribution in [1.82, 2.24) is 14.5 Å². The molecule has 2 heterocycles. The van der Waals surface area contributed by atoms with E-state index in [1.807, 2.05) is 11.8 Å². The van der Waals surface area contributed by atoms with Gasteiger partial charge in [-0.05, 0) is 43.3 Å². The van der Waals surface area contributed by atoms with Crippen molar-refractivity contribution in [3.63, 3.8) is 0 Å². The van der Waals surface area contributed by atoms with Gasteiger partial charge in [0.05, 0.1) is 5.69 Å². The Hall–Kier alpha value is -0.720.